The van der Waals surface area contributed by atoms with Crippen molar-refractivity contribution in [3.8, 4) is 0 Å². The second-order valence-corrected chi connectivity index (χ2v) is 5.35. The molecule has 82 valence electrons. The van der Waals surface area contributed by atoms with E-state index in [4.69, 9.17) is 0 Å². The zero-order valence-electron chi connectivity index (χ0n) is 9.33. The lowest BCUT2D eigenvalue weighted by atomic mass is 9.85. The summed E-state index contributed by atoms with van der Waals surface area (Å²) >= 11 is 3.57. The van der Waals surface area contributed by atoms with Gasteiger partial charge in [-0.15, -0.1) is 0 Å². The molecular formula is C12H17BrN2. The van der Waals surface area contributed by atoms with E-state index in [2.05, 4.69) is 45.9 Å². The summed E-state index contributed by atoms with van der Waals surface area (Å²) in [5.41, 5.74) is 1.20. The highest BCUT2D eigenvalue weighted by atomic mass is 79.9. The summed E-state index contributed by atoms with van der Waals surface area (Å²) < 4.78 is 1.10. The number of anilines is 1. The maximum atomic E-state index is 4.47. The van der Waals surface area contributed by atoms with Crippen molar-refractivity contribution in [2.45, 2.75) is 26.2 Å². The summed E-state index contributed by atoms with van der Waals surface area (Å²) in [6, 6.07) is 2.12. The molecule has 1 aliphatic carbocycles. The minimum absolute atomic E-state index is 0.880. The Kier molecular flexibility index (Phi) is 3.29. The third kappa shape index (κ3) is 2.51. The quantitative estimate of drug-likeness (QED) is 0.836. The first-order valence-electron chi connectivity index (χ1n) is 5.50. The van der Waals surface area contributed by atoms with E-state index in [1.807, 2.05) is 6.20 Å². The average Bonchev–Trinajstić information content (AvgIpc) is 2.11. The number of aromatic nitrogens is 1. The van der Waals surface area contributed by atoms with Crippen LogP contribution in [0.4, 0.5) is 5.82 Å². The molecule has 0 atom stereocenters. The number of rotatable bonds is 3. The highest BCUT2D eigenvalue weighted by molar-refractivity contribution is 9.10. The van der Waals surface area contributed by atoms with Crippen LogP contribution in [0.15, 0.2) is 16.7 Å². The number of hydrogen-bond donors (Lipinski definition) is 0. The summed E-state index contributed by atoms with van der Waals surface area (Å²) in [4.78, 5) is 6.73. The van der Waals surface area contributed by atoms with E-state index >= 15 is 0 Å². The molecule has 1 saturated carbocycles. The van der Waals surface area contributed by atoms with Gasteiger partial charge in [0.25, 0.3) is 0 Å². The molecule has 0 aromatic carbocycles. The van der Waals surface area contributed by atoms with E-state index in [9.17, 15) is 0 Å². The largest absolute Gasteiger partial charge is 0.358 e. The molecule has 0 spiro atoms. The molecule has 15 heavy (non-hydrogen) atoms. The van der Waals surface area contributed by atoms with Gasteiger partial charge in [0, 0.05) is 19.8 Å². The summed E-state index contributed by atoms with van der Waals surface area (Å²) in [5.74, 6) is 1.94. The molecule has 2 nitrogen and oxygen atoms in total. The maximum Gasteiger partial charge on any atom is 0.142 e. The molecule has 0 saturated heterocycles. The summed E-state index contributed by atoms with van der Waals surface area (Å²) in [7, 11) is 2.13. The molecule has 0 aliphatic heterocycles. The van der Waals surface area contributed by atoms with Crippen molar-refractivity contribution in [2.75, 3.05) is 18.5 Å². The van der Waals surface area contributed by atoms with Crippen LogP contribution in [0.3, 0.4) is 0 Å². The van der Waals surface area contributed by atoms with Crippen molar-refractivity contribution in [3.63, 3.8) is 0 Å². The van der Waals surface area contributed by atoms with E-state index in [-0.39, 0.29) is 0 Å². The first kappa shape index (κ1) is 10.9. The van der Waals surface area contributed by atoms with E-state index in [0.29, 0.717) is 0 Å². The van der Waals surface area contributed by atoms with E-state index in [1.165, 1.54) is 24.8 Å². The van der Waals surface area contributed by atoms with E-state index in [1.54, 1.807) is 0 Å². The Morgan fingerprint density at radius 2 is 2.27 bits per heavy atom. The van der Waals surface area contributed by atoms with Gasteiger partial charge in [-0.25, -0.2) is 4.98 Å². The van der Waals surface area contributed by atoms with Gasteiger partial charge in [-0.2, -0.15) is 0 Å². The predicted octanol–water partition coefficient (Wildman–Crippen LogP) is 3.39. The predicted molar refractivity (Wildman–Crippen MR) is 67.3 cm³/mol. The van der Waals surface area contributed by atoms with Crippen molar-refractivity contribution in [3.05, 3.63) is 22.3 Å². The molecule has 1 aromatic rings. The first-order valence-corrected chi connectivity index (χ1v) is 6.29. The number of halogens is 1. The minimum Gasteiger partial charge on any atom is -0.358 e. The molecule has 1 aromatic heterocycles. The van der Waals surface area contributed by atoms with Gasteiger partial charge in [-0.1, -0.05) is 6.42 Å². The fourth-order valence-electron chi connectivity index (χ4n) is 1.96. The lowest BCUT2D eigenvalue weighted by Crippen LogP contribution is -2.30. The van der Waals surface area contributed by atoms with Crippen LogP contribution >= 0.6 is 15.9 Å². The van der Waals surface area contributed by atoms with Crippen LogP contribution in [0.5, 0.6) is 0 Å². The van der Waals surface area contributed by atoms with Crippen molar-refractivity contribution in [2.24, 2.45) is 5.92 Å². The molecular weight excluding hydrogens is 252 g/mol. The van der Waals surface area contributed by atoms with Crippen molar-refractivity contribution >= 4 is 21.7 Å². The fraction of sp³-hybridized carbons (Fsp3) is 0.583. The molecule has 2 rings (SSSR count). The Bertz CT molecular complexity index is 347. The van der Waals surface area contributed by atoms with Crippen LogP contribution in [-0.2, 0) is 0 Å². The van der Waals surface area contributed by atoms with Gasteiger partial charge in [0.1, 0.15) is 5.82 Å². The third-order valence-corrected chi connectivity index (χ3v) is 3.66. The zero-order valence-corrected chi connectivity index (χ0v) is 10.9. The van der Waals surface area contributed by atoms with Gasteiger partial charge in [-0.3, -0.25) is 0 Å². The fourth-order valence-corrected chi connectivity index (χ4v) is 2.72. The van der Waals surface area contributed by atoms with Crippen molar-refractivity contribution < 1.29 is 0 Å². The zero-order chi connectivity index (χ0) is 10.8. The van der Waals surface area contributed by atoms with Gasteiger partial charge < -0.3 is 4.90 Å². The van der Waals surface area contributed by atoms with E-state index < -0.39 is 0 Å². The van der Waals surface area contributed by atoms with Crippen LogP contribution in [0, 0.1) is 12.8 Å². The van der Waals surface area contributed by atoms with Crippen LogP contribution in [0.1, 0.15) is 24.8 Å². The monoisotopic (exact) mass is 268 g/mol. The maximum absolute atomic E-state index is 4.47. The van der Waals surface area contributed by atoms with Crippen LogP contribution in [0.2, 0.25) is 0 Å². The van der Waals surface area contributed by atoms with Crippen molar-refractivity contribution in [1.29, 1.82) is 0 Å². The summed E-state index contributed by atoms with van der Waals surface area (Å²) in [6.45, 7) is 3.20. The minimum atomic E-state index is 0.880. The molecule has 0 N–H and O–H groups in total. The molecule has 0 bridgehead atoms. The molecule has 0 amide bonds. The molecule has 1 fully saturated rings. The van der Waals surface area contributed by atoms with Crippen LogP contribution < -0.4 is 4.90 Å². The topological polar surface area (TPSA) is 16.1 Å². The highest BCUT2D eigenvalue weighted by Gasteiger charge is 2.20. The highest BCUT2D eigenvalue weighted by Crippen LogP contribution is 2.30. The van der Waals surface area contributed by atoms with Gasteiger partial charge in [0.15, 0.2) is 0 Å². The molecule has 3 heteroatoms. The molecule has 1 aliphatic rings. The van der Waals surface area contributed by atoms with Crippen LogP contribution in [0.25, 0.3) is 0 Å². The van der Waals surface area contributed by atoms with Crippen LogP contribution in [-0.4, -0.2) is 18.6 Å². The van der Waals surface area contributed by atoms with Crippen molar-refractivity contribution in [1.82, 2.24) is 4.98 Å². The number of pyridine rings is 1. The normalized spacial score (nSPS) is 16.2. The Balaban J connectivity index is 2.06. The lowest BCUT2D eigenvalue weighted by molar-refractivity contribution is 0.321. The second-order valence-electron chi connectivity index (χ2n) is 4.50. The third-order valence-electron chi connectivity index (χ3n) is 3.08. The Morgan fingerprint density at radius 3 is 2.80 bits per heavy atom. The van der Waals surface area contributed by atoms with Gasteiger partial charge in [0.2, 0.25) is 0 Å². The van der Waals surface area contributed by atoms with Gasteiger partial charge in [0.05, 0.1) is 4.47 Å². The smallest absolute Gasteiger partial charge is 0.142 e. The average molecular weight is 269 g/mol. The molecule has 0 radical (unpaired) electrons. The SMILES string of the molecule is Cc1cnc(N(C)CC2CCC2)c(Br)c1. The number of nitrogens with zero attached hydrogens (tertiary/aromatic N) is 2. The molecule has 1 heterocycles. The number of aryl methyl sites for hydroxylation is 1. The summed E-state index contributed by atoms with van der Waals surface area (Å²) in [6.07, 6.45) is 6.10. The first-order chi connectivity index (χ1) is 7.16. The summed E-state index contributed by atoms with van der Waals surface area (Å²) in [5, 5.41) is 0. The Morgan fingerprint density at radius 1 is 1.53 bits per heavy atom. The molecule has 0 unspecified atom stereocenters. The Labute approximate surface area is 99.8 Å². The Hall–Kier alpha value is -0.570. The van der Waals surface area contributed by atoms with Gasteiger partial charge >= 0.3 is 0 Å². The van der Waals surface area contributed by atoms with E-state index in [0.717, 1.165) is 22.8 Å². The van der Waals surface area contributed by atoms with Gasteiger partial charge in [-0.05, 0) is 53.2 Å². The standard InChI is InChI=1S/C12H17BrN2/c1-9-6-11(13)12(14-7-9)15(2)8-10-4-3-5-10/h6-7,10H,3-5,8H2,1-2H3. The second kappa shape index (κ2) is 4.52. The lowest BCUT2D eigenvalue weighted by Gasteiger charge is -2.31. The number of hydrogen-bond acceptors (Lipinski definition) is 2.